The van der Waals surface area contributed by atoms with Crippen LogP contribution in [0.3, 0.4) is 0 Å². The van der Waals surface area contributed by atoms with Crippen LogP contribution in [-0.2, 0) is 4.79 Å². The molecule has 1 aromatic heterocycles. The van der Waals surface area contributed by atoms with E-state index in [0.29, 0.717) is 17.6 Å². The average molecular weight is 293 g/mol. The molecule has 106 valence electrons. The lowest BCUT2D eigenvalue weighted by atomic mass is 10.2. The molecule has 1 heterocycles. The number of rotatable bonds is 6. The number of benzene rings is 1. The SMILES string of the molecule is CCOc1cccc(-c2nnc(SCC(N)=O)n2N)c1. The first kappa shape index (κ1) is 14.2. The summed E-state index contributed by atoms with van der Waals surface area (Å²) in [5.41, 5.74) is 5.88. The van der Waals surface area contributed by atoms with E-state index in [-0.39, 0.29) is 5.75 Å². The van der Waals surface area contributed by atoms with Crippen LogP contribution in [0.4, 0.5) is 0 Å². The minimum atomic E-state index is -0.433. The number of ether oxygens (including phenoxy) is 1. The first-order chi connectivity index (χ1) is 9.61. The molecule has 1 amide bonds. The first-order valence-electron chi connectivity index (χ1n) is 5.96. The predicted molar refractivity (Wildman–Crippen MR) is 76.7 cm³/mol. The van der Waals surface area contributed by atoms with E-state index in [0.717, 1.165) is 23.1 Å². The standard InChI is InChI=1S/C12H15N5O2S/c1-2-19-9-5-3-4-8(6-9)11-15-16-12(17(11)14)20-7-10(13)18/h3-6H,2,7,14H2,1H3,(H2,13,18). The van der Waals surface area contributed by atoms with Gasteiger partial charge in [0.05, 0.1) is 12.4 Å². The second-order valence-corrected chi connectivity index (χ2v) is 4.83. The van der Waals surface area contributed by atoms with Crippen molar-refractivity contribution < 1.29 is 9.53 Å². The van der Waals surface area contributed by atoms with Crippen molar-refractivity contribution in [1.29, 1.82) is 0 Å². The second kappa shape index (κ2) is 6.29. The van der Waals surface area contributed by atoms with Crippen molar-refractivity contribution in [3.63, 3.8) is 0 Å². The van der Waals surface area contributed by atoms with Gasteiger partial charge in [0.25, 0.3) is 0 Å². The Labute approximate surface area is 120 Å². The Kier molecular flexibility index (Phi) is 4.46. The van der Waals surface area contributed by atoms with Crippen LogP contribution in [0.15, 0.2) is 29.4 Å². The van der Waals surface area contributed by atoms with Gasteiger partial charge >= 0.3 is 0 Å². The minimum Gasteiger partial charge on any atom is -0.494 e. The van der Waals surface area contributed by atoms with E-state index in [1.807, 2.05) is 31.2 Å². The largest absolute Gasteiger partial charge is 0.494 e. The third-order valence-corrected chi connectivity index (χ3v) is 3.38. The van der Waals surface area contributed by atoms with Crippen LogP contribution in [0.1, 0.15) is 6.92 Å². The highest BCUT2D eigenvalue weighted by Gasteiger charge is 2.13. The quantitative estimate of drug-likeness (QED) is 0.597. The number of hydrogen-bond donors (Lipinski definition) is 2. The Morgan fingerprint density at radius 1 is 1.45 bits per heavy atom. The number of thioether (sulfide) groups is 1. The summed E-state index contributed by atoms with van der Waals surface area (Å²) in [6, 6.07) is 7.40. The normalized spacial score (nSPS) is 10.4. The highest BCUT2D eigenvalue weighted by Crippen LogP contribution is 2.24. The fourth-order valence-electron chi connectivity index (χ4n) is 1.60. The van der Waals surface area contributed by atoms with E-state index < -0.39 is 5.91 Å². The van der Waals surface area contributed by atoms with Gasteiger partial charge in [-0.2, -0.15) is 0 Å². The number of primary amides is 1. The van der Waals surface area contributed by atoms with E-state index in [2.05, 4.69) is 10.2 Å². The molecule has 0 unspecified atom stereocenters. The molecule has 0 fully saturated rings. The number of aromatic nitrogens is 3. The van der Waals surface area contributed by atoms with Gasteiger partial charge in [-0.05, 0) is 19.1 Å². The molecule has 4 N–H and O–H groups in total. The Bertz CT molecular complexity index is 614. The maximum absolute atomic E-state index is 10.8. The molecular formula is C12H15N5O2S. The number of amides is 1. The zero-order chi connectivity index (χ0) is 14.5. The lowest BCUT2D eigenvalue weighted by molar-refractivity contribution is -0.115. The van der Waals surface area contributed by atoms with Gasteiger partial charge in [-0.15, -0.1) is 10.2 Å². The van der Waals surface area contributed by atoms with Crippen LogP contribution < -0.4 is 16.3 Å². The molecule has 0 aliphatic heterocycles. The molecule has 2 aromatic rings. The van der Waals surface area contributed by atoms with Crippen molar-refractivity contribution in [2.45, 2.75) is 12.1 Å². The van der Waals surface area contributed by atoms with Gasteiger partial charge in [-0.1, -0.05) is 23.9 Å². The fourth-order valence-corrected chi connectivity index (χ4v) is 2.20. The van der Waals surface area contributed by atoms with Gasteiger partial charge in [-0.25, -0.2) is 4.68 Å². The lowest BCUT2D eigenvalue weighted by Gasteiger charge is -2.06. The van der Waals surface area contributed by atoms with Crippen molar-refractivity contribution in [3.05, 3.63) is 24.3 Å². The number of nitrogens with zero attached hydrogens (tertiary/aromatic N) is 3. The minimum absolute atomic E-state index is 0.105. The smallest absolute Gasteiger partial charge is 0.227 e. The number of carbonyl (C=O) groups excluding carboxylic acids is 1. The van der Waals surface area contributed by atoms with Crippen molar-refractivity contribution in [1.82, 2.24) is 14.9 Å². The Morgan fingerprint density at radius 2 is 2.25 bits per heavy atom. The zero-order valence-electron chi connectivity index (χ0n) is 10.9. The molecule has 0 aliphatic carbocycles. The van der Waals surface area contributed by atoms with E-state index >= 15 is 0 Å². The summed E-state index contributed by atoms with van der Waals surface area (Å²) in [7, 11) is 0. The predicted octanol–water partition coefficient (Wildman–Crippen LogP) is 0.635. The van der Waals surface area contributed by atoms with Gasteiger partial charge in [-0.3, -0.25) is 4.79 Å². The van der Waals surface area contributed by atoms with Gasteiger partial charge < -0.3 is 16.3 Å². The molecule has 1 aromatic carbocycles. The maximum atomic E-state index is 10.8. The van der Waals surface area contributed by atoms with Crippen LogP contribution in [0.25, 0.3) is 11.4 Å². The van der Waals surface area contributed by atoms with E-state index in [1.54, 1.807) is 0 Å². The summed E-state index contributed by atoms with van der Waals surface area (Å²) in [5.74, 6) is 6.83. The second-order valence-electron chi connectivity index (χ2n) is 3.89. The van der Waals surface area contributed by atoms with Gasteiger partial charge in [0.1, 0.15) is 5.75 Å². The van der Waals surface area contributed by atoms with E-state index in [1.165, 1.54) is 4.68 Å². The molecule has 0 radical (unpaired) electrons. The molecule has 20 heavy (non-hydrogen) atoms. The van der Waals surface area contributed by atoms with Crippen molar-refractivity contribution in [2.24, 2.45) is 5.73 Å². The molecule has 8 heteroatoms. The highest BCUT2D eigenvalue weighted by molar-refractivity contribution is 7.99. The molecule has 0 atom stereocenters. The molecule has 7 nitrogen and oxygen atoms in total. The summed E-state index contributed by atoms with van der Waals surface area (Å²) in [5, 5.41) is 8.40. The van der Waals surface area contributed by atoms with E-state index in [9.17, 15) is 4.79 Å². The molecule has 0 saturated heterocycles. The molecule has 0 bridgehead atoms. The summed E-state index contributed by atoms with van der Waals surface area (Å²) in [6.45, 7) is 2.50. The fraction of sp³-hybridized carbons (Fsp3) is 0.250. The third-order valence-electron chi connectivity index (χ3n) is 2.41. The summed E-state index contributed by atoms with van der Waals surface area (Å²) in [4.78, 5) is 10.8. The van der Waals surface area contributed by atoms with Crippen LogP contribution in [0.5, 0.6) is 5.75 Å². The van der Waals surface area contributed by atoms with Crippen molar-refractivity contribution >= 4 is 17.7 Å². The number of nitrogens with two attached hydrogens (primary N) is 2. The lowest BCUT2D eigenvalue weighted by Crippen LogP contribution is -2.16. The Morgan fingerprint density at radius 3 is 2.95 bits per heavy atom. The first-order valence-corrected chi connectivity index (χ1v) is 6.95. The van der Waals surface area contributed by atoms with Gasteiger partial charge in [0, 0.05) is 5.56 Å². The monoisotopic (exact) mass is 293 g/mol. The zero-order valence-corrected chi connectivity index (χ0v) is 11.8. The van der Waals surface area contributed by atoms with Crippen LogP contribution in [0.2, 0.25) is 0 Å². The summed E-state index contributed by atoms with van der Waals surface area (Å²) in [6.07, 6.45) is 0. The highest BCUT2D eigenvalue weighted by atomic mass is 32.2. The summed E-state index contributed by atoms with van der Waals surface area (Å²) >= 11 is 1.14. The Hall–Kier alpha value is -2.22. The molecule has 2 rings (SSSR count). The summed E-state index contributed by atoms with van der Waals surface area (Å²) < 4.78 is 6.76. The molecular weight excluding hydrogens is 278 g/mol. The van der Waals surface area contributed by atoms with Crippen molar-refractivity contribution in [2.75, 3.05) is 18.2 Å². The third kappa shape index (κ3) is 3.21. The van der Waals surface area contributed by atoms with E-state index in [4.69, 9.17) is 16.3 Å². The maximum Gasteiger partial charge on any atom is 0.227 e. The van der Waals surface area contributed by atoms with Crippen LogP contribution in [-0.4, -0.2) is 33.1 Å². The molecule has 0 spiro atoms. The van der Waals surface area contributed by atoms with Crippen LogP contribution in [0, 0.1) is 0 Å². The van der Waals surface area contributed by atoms with Gasteiger partial charge in [0.15, 0.2) is 5.82 Å². The van der Waals surface area contributed by atoms with Gasteiger partial charge in [0.2, 0.25) is 11.1 Å². The number of nitrogen functional groups attached to an aromatic ring is 1. The Balaban J connectivity index is 2.24. The topological polar surface area (TPSA) is 109 Å². The van der Waals surface area contributed by atoms with Crippen molar-refractivity contribution in [3.8, 4) is 17.1 Å². The molecule has 0 saturated carbocycles. The van der Waals surface area contributed by atoms with Crippen LogP contribution >= 0.6 is 11.8 Å². The average Bonchev–Trinajstić information content (AvgIpc) is 2.78. The number of carbonyl (C=O) groups is 1. The molecule has 0 aliphatic rings. The number of hydrogen-bond acceptors (Lipinski definition) is 6.